The fourth-order valence-electron chi connectivity index (χ4n) is 7.27. The zero-order valence-electron chi connectivity index (χ0n) is 27.0. The maximum absolute atomic E-state index is 2.43. The summed E-state index contributed by atoms with van der Waals surface area (Å²) in [6, 6.07) is 72.5. The summed E-state index contributed by atoms with van der Waals surface area (Å²) in [4.78, 5) is 2.43. The Balaban J connectivity index is 1.24. The Hall–Kier alpha value is -6.44. The normalized spacial score (nSPS) is 11.3. The van der Waals surface area contributed by atoms with Crippen molar-refractivity contribution >= 4 is 49.4 Å². The highest BCUT2D eigenvalue weighted by Gasteiger charge is 2.19. The first-order valence-electron chi connectivity index (χ1n) is 16.8. The predicted molar refractivity (Wildman–Crippen MR) is 210 cm³/mol. The predicted octanol–water partition coefficient (Wildman–Crippen LogP) is 13.6. The van der Waals surface area contributed by atoms with E-state index in [0.29, 0.717) is 0 Å². The van der Waals surface area contributed by atoms with Crippen LogP contribution in [0.2, 0.25) is 0 Å². The van der Waals surface area contributed by atoms with Crippen LogP contribution in [0.5, 0.6) is 0 Å². The van der Waals surface area contributed by atoms with Gasteiger partial charge in [0, 0.05) is 16.8 Å². The molecule has 1 nitrogen and oxygen atoms in total. The van der Waals surface area contributed by atoms with Crippen LogP contribution < -0.4 is 4.90 Å². The first kappa shape index (κ1) is 28.8. The standard InChI is InChI=1S/C48H33N/c1-2-14-34(15-3-1)37-20-11-23-41(31-37)49(48-33-40-17-5-7-26-45(40)46-27-8-9-28-47(46)48)42-24-12-21-38(32-42)36-19-10-22-39(30-36)44-29-13-18-35-16-4-6-25-43(35)44/h1-33H. The van der Waals surface area contributed by atoms with Crippen LogP contribution in [0.25, 0.3) is 65.7 Å². The Morgan fingerprint density at radius 2 is 0.755 bits per heavy atom. The molecule has 0 unspecified atom stereocenters. The molecular formula is C48H33N. The van der Waals surface area contributed by atoms with Gasteiger partial charge in [-0.05, 0) is 96.7 Å². The van der Waals surface area contributed by atoms with Crippen molar-refractivity contribution in [3.63, 3.8) is 0 Å². The van der Waals surface area contributed by atoms with Crippen molar-refractivity contribution in [2.24, 2.45) is 0 Å². The number of nitrogens with zero attached hydrogens (tertiary/aromatic N) is 1. The molecule has 0 saturated heterocycles. The van der Waals surface area contributed by atoms with Gasteiger partial charge in [0.1, 0.15) is 0 Å². The van der Waals surface area contributed by atoms with E-state index < -0.39 is 0 Å². The summed E-state index contributed by atoms with van der Waals surface area (Å²) < 4.78 is 0. The summed E-state index contributed by atoms with van der Waals surface area (Å²) in [5.74, 6) is 0. The summed E-state index contributed by atoms with van der Waals surface area (Å²) in [5, 5.41) is 7.47. The first-order chi connectivity index (χ1) is 24.3. The van der Waals surface area contributed by atoms with Crippen molar-refractivity contribution in [2.45, 2.75) is 0 Å². The minimum atomic E-state index is 1.11. The SMILES string of the molecule is c1ccc(-c2cccc(N(c3cccc(-c4cccc(-c5cccc6ccccc56)c4)c3)c3cc4ccccc4c4ccccc34)c2)cc1. The van der Waals surface area contributed by atoms with Gasteiger partial charge in [-0.3, -0.25) is 0 Å². The van der Waals surface area contributed by atoms with Gasteiger partial charge in [-0.15, -0.1) is 0 Å². The van der Waals surface area contributed by atoms with Gasteiger partial charge in [-0.2, -0.15) is 0 Å². The smallest absolute Gasteiger partial charge is 0.0546 e. The zero-order chi connectivity index (χ0) is 32.6. The molecule has 0 spiro atoms. The fourth-order valence-corrected chi connectivity index (χ4v) is 7.27. The Kier molecular flexibility index (Phi) is 7.22. The second-order valence-electron chi connectivity index (χ2n) is 12.6. The minimum Gasteiger partial charge on any atom is -0.310 e. The van der Waals surface area contributed by atoms with E-state index >= 15 is 0 Å². The molecule has 0 aromatic heterocycles. The number of hydrogen-bond acceptors (Lipinski definition) is 1. The lowest BCUT2D eigenvalue weighted by molar-refractivity contribution is 1.30. The summed E-state index contributed by atoms with van der Waals surface area (Å²) in [6.45, 7) is 0. The summed E-state index contributed by atoms with van der Waals surface area (Å²) in [7, 11) is 0. The van der Waals surface area contributed by atoms with Gasteiger partial charge in [-0.25, -0.2) is 0 Å². The second-order valence-corrected chi connectivity index (χ2v) is 12.6. The molecule has 0 bridgehead atoms. The zero-order valence-corrected chi connectivity index (χ0v) is 27.0. The van der Waals surface area contributed by atoms with Crippen molar-refractivity contribution in [1.82, 2.24) is 0 Å². The molecule has 230 valence electrons. The highest BCUT2D eigenvalue weighted by Crippen LogP contribution is 2.44. The molecule has 0 radical (unpaired) electrons. The number of anilines is 3. The average Bonchev–Trinajstić information content (AvgIpc) is 3.18. The van der Waals surface area contributed by atoms with Gasteiger partial charge in [0.15, 0.2) is 0 Å². The van der Waals surface area contributed by atoms with Gasteiger partial charge < -0.3 is 4.90 Å². The third kappa shape index (κ3) is 5.32. The van der Waals surface area contributed by atoms with Crippen LogP contribution in [0.1, 0.15) is 0 Å². The first-order valence-corrected chi connectivity index (χ1v) is 16.8. The lowest BCUT2D eigenvalue weighted by Gasteiger charge is -2.28. The molecule has 9 aromatic rings. The molecule has 0 aliphatic rings. The van der Waals surface area contributed by atoms with E-state index in [2.05, 4.69) is 205 Å². The van der Waals surface area contributed by atoms with E-state index in [1.165, 1.54) is 65.7 Å². The van der Waals surface area contributed by atoms with E-state index in [4.69, 9.17) is 0 Å². The maximum atomic E-state index is 2.43. The fraction of sp³-hybridized carbons (Fsp3) is 0. The highest BCUT2D eigenvalue weighted by molar-refractivity contribution is 6.14. The molecule has 0 aliphatic carbocycles. The number of benzene rings is 9. The molecule has 0 saturated carbocycles. The molecule has 0 N–H and O–H groups in total. The van der Waals surface area contributed by atoms with Crippen LogP contribution in [0.3, 0.4) is 0 Å². The van der Waals surface area contributed by atoms with E-state index in [1.54, 1.807) is 0 Å². The molecule has 0 heterocycles. The van der Waals surface area contributed by atoms with Crippen molar-refractivity contribution in [1.29, 1.82) is 0 Å². The summed E-state index contributed by atoms with van der Waals surface area (Å²) >= 11 is 0. The van der Waals surface area contributed by atoms with Crippen LogP contribution in [0.4, 0.5) is 17.1 Å². The quantitative estimate of drug-likeness (QED) is 0.167. The second kappa shape index (κ2) is 12.3. The molecule has 0 amide bonds. The van der Waals surface area contributed by atoms with Crippen molar-refractivity contribution in [2.75, 3.05) is 4.90 Å². The number of hydrogen-bond donors (Lipinski definition) is 0. The van der Waals surface area contributed by atoms with Gasteiger partial charge in [0.2, 0.25) is 0 Å². The topological polar surface area (TPSA) is 3.24 Å². The number of rotatable bonds is 6. The Morgan fingerprint density at radius 3 is 1.51 bits per heavy atom. The van der Waals surface area contributed by atoms with Gasteiger partial charge in [0.25, 0.3) is 0 Å². The maximum Gasteiger partial charge on any atom is 0.0546 e. The summed E-state index contributed by atoms with van der Waals surface area (Å²) in [5.41, 5.74) is 10.6. The third-order valence-corrected chi connectivity index (χ3v) is 9.60. The molecule has 0 atom stereocenters. The van der Waals surface area contributed by atoms with E-state index in [9.17, 15) is 0 Å². The highest BCUT2D eigenvalue weighted by atomic mass is 15.1. The van der Waals surface area contributed by atoms with Crippen molar-refractivity contribution < 1.29 is 0 Å². The monoisotopic (exact) mass is 623 g/mol. The van der Waals surface area contributed by atoms with Crippen molar-refractivity contribution in [3.8, 4) is 33.4 Å². The lowest BCUT2D eigenvalue weighted by atomic mass is 9.95. The lowest BCUT2D eigenvalue weighted by Crippen LogP contribution is -2.11. The molecule has 0 aliphatic heterocycles. The largest absolute Gasteiger partial charge is 0.310 e. The Morgan fingerprint density at radius 1 is 0.265 bits per heavy atom. The van der Waals surface area contributed by atoms with Crippen LogP contribution in [-0.4, -0.2) is 0 Å². The molecule has 9 aromatic carbocycles. The van der Waals surface area contributed by atoms with Crippen LogP contribution in [-0.2, 0) is 0 Å². The van der Waals surface area contributed by atoms with Gasteiger partial charge >= 0.3 is 0 Å². The molecule has 9 rings (SSSR count). The average molecular weight is 624 g/mol. The van der Waals surface area contributed by atoms with E-state index in [0.717, 1.165) is 17.1 Å². The summed E-state index contributed by atoms with van der Waals surface area (Å²) in [6.07, 6.45) is 0. The third-order valence-electron chi connectivity index (χ3n) is 9.60. The molecule has 49 heavy (non-hydrogen) atoms. The van der Waals surface area contributed by atoms with E-state index in [1.807, 2.05) is 0 Å². The molecule has 1 heteroatoms. The van der Waals surface area contributed by atoms with Gasteiger partial charge in [-0.1, -0.05) is 164 Å². The number of fused-ring (bicyclic) bond motifs is 4. The van der Waals surface area contributed by atoms with E-state index in [-0.39, 0.29) is 0 Å². The molecule has 0 fully saturated rings. The Bertz CT molecular complexity index is 2610. The minimum absolute atomic E-state index is 1.11. The van der Waals surface area contributed by atoms with Crippen LogP contribution in [0, 0.1) is 0 Å². The van der Waals surface area contributed by atoms with Crippen LogP contribution >= 0.6 is 0 Å². The van der Waals surface area contributed by atoms with Crippen molar-refractivity contribution in [3.05, 3.63) is 200 Å². The van der Waals surface area contributed by atoms with Gasteiger partial charge in [0.05, 0.1) is 5.69 Å². The molecular weight excluding hydrogens is 591 g/mol. The Labute approximate surface area is 287 Å². The van der Waals surface area contributed by atoms with Crippen LogP contribution in [0.15, 0.2) is 200 Å².